The number of rotatable bonds is 4. The van der Waals surface area contributed by atoms with Gasteiger partial charge in [-0.2, -0.15) is 0 Å². The number of hydrogen-bond donors (Lipinski definition) is 0. The number of aryl methyl sites for hydroxylation is 1. The number of carbonyl (C=O) groups excluding carboxylic acids is 1. The number of halogens is 2. The third-order valence-corrected chi connectivity index (χ3v) is 5.29. The number of nitrogens with zero attached hydrogens (tertiary/aromatic N) is 1. The molecule has 1 aromatic carbocycles. The number of ether oxygens (including phenoxy) is 1. The van der Waals surface area contributed by atoms with E-state index in [2.05, 4.69) is 13.0 Å². The molecular weight excluding hydrogens is 337 g/mol. The highest BCUT2D eigenvalue weighted by atomic mass is 35.5. The number of benzene rings is 1. The molecule has 0 atom stereocenters. The lowest BCUT2D eigenvalue weighted by Crippen LogP contribution is -2.11. The molecule has 0 aliphatic heterocycles. The molecule has 120 valence electrons. The van der Waals surface area contributed by atoms with Crippen molar-refractivity contribution in [3.63, 3.8) is 0 Å². The number of esters is 1. The maximum absolute atomic E-state index is 13.2. The van der Waals surface area contributed by atoms with E-state index < -0.39 is 5.97 Å². The lowest BCUT2D eigenvalue weighted by molar-refractivity contribution is 0.0589. The summed E-state index contributed by atoms with van der Waals surface area (Å²) in [6, 6.07) is 8.19. The van der Waals surface area contributed by atoms with E-state index >= 15 is 0 Å². The van der Waals surface area contributed by atoms with Gasteiger partial charge in [0.2, 0.25) is 0 Å². The van der Waals surface area contributed by atoms with Crippen molar-refractivity contribution in [2.75, 3.05) is 7.11 Å². The zero-order valence-electron chi connectivity index (χ0n) is 12.7. The predicted molar refractivity (Wildman–Crippen MR) is 91.0 cm³/mol. The van der Waals surface area contributed by atoms with Crippen molar-refractivity contribution >= 4 is 39.1 Å². The number of methoxy groups -OCH3 is 1. The average molecular weight is 352 g/mol. The van der Waals surface area contributed by atoms with Crippen LogP contribution in [-0.2, 0) is 17.7 Å². The van der Waals surface area contributed by atoms with Gasteiger partial charge in [0, 0.05) is 16.4 Å². The van der Waals surface area contributed by atoms with Crippen LogP contribution < -0.4 is 0 Å². The smallest absolute Gasteiger partial charge is 0.354 e. The number of fused-ring (bicyclic) bond motifs is 1. The second-order valence-electron chi connectivity index (χ2n) is 5.16. The number of thiophene rings is 1. The van der Waals surface area contributed by atoms with E-state index in [9.17, 15) is 9.18 Å². The van der Waals surface area contributed by atoms with Gasteiger partial charge in [0.25, 0.3) is 0 Å². The Bertz CT molecular complexity index is 884. The van der Waals surface area contributed by atoms with Gasteiger partial charge in [0.1, 0.15) is 11.5 Å². The maximum Gasteiger partial charge on any atom is 0.354 e. The second kappa shape index (κ2) is 6.34. The first-order chi connectivity index (χ1) is 11.0. The summed E-state index contributed by atoms with van der Waals surface area (Å²) >= 11 is 7.78. The molecule has 6 heteroatoms. The van der Waals surface area contributed by atoms with Crippen LogP contribution in [0.2, 0.25) is 5.02 Å². The highest BCUT2D eigenvalue weighted by Gasteiger charge is 2.19. The Balaban J connectivity index is 2.12. The summed E-state index contributed by atoms with van der Waals surface area (Å²) in [6.07, 6.45) is 0.935. The molecule has 3 rings (SSSR count). The van der Waals surface area contributed by atoms with Crippen LogP contribution >= 0.6 is 22.9 Å². The molecule has 0 unspecified atom stereocenters. The summed E-state index contributed by atoms with van der Waals surface area (Å²) in [4.78, 5) is 13.3. The fraction of sp³-hybridized carbons (Fsp3) is 0.235. The molecule has 0 radical (unpaired) electrons. The monoisotopic (exact) mass is 351 g/mol. The maximum atomic E-state index is 13.2. The normalized spacial score (nSPS) is 11.1. The van der Waals surface area contributed by atoms with Crippen molar-refractivity contribution in [1.82, 2.24) is 4.57 Å². The fourth-order valence-electron chi connectivity index (χ4n) is 2.53. The van der Waals surface area contributed by atoms with E-state index in [-0.39, 0.29) is 5.82 Å². The van der Waals surface area contributed by atoms with Gasteiger partial charge in [-0.25, -0.2) is 9.18 Å². The molecule has 0 N–H and O–H groups in total. The summed E-state index contributed by atoms with van der Waals surface area (Å²) in [7, 11) is 1.36. The van der Waals surface area contributed by atoms with Gasteiger partial charge in [0.05, 0.1) is 17.3 Å². The quantitative estimate of drug-likeness (QED) is 0.626. The largest absolute Gasteiger partial charge is 0.464 e. The summed E-state index contributed by atoms with van der Waals surface area (Å²) in [5, 5.41) is 0.341. The Hall–Kier alpha value is -1.85. The van der Waals surface area contributed by atoms with E-state index in [1.54, 1.807) is 17.4 Å². The zero-order valence-corrected chi connectivity index (χ0v) is 14.3. The predicted octanol–water partition coefficient (Wildman–Crippen LogP) is 4.89. The summed E-state index contributed by atoms with van der Waals surface area (Å²) in [6.45, 7) is 2.47. The molecule has 0 aliphatic rings. The SMILES string of the molecule is CCc1cc2c(cc(C(=O)OC)n2Cc2ccc(F)cc2Cl)s1. The second-order valence-corrected chi connectivity index (χ2v) is 6.73. The van der Waals surface area contributed by atoms with Crippen molar-refractivity contribution < 1.29 is 13.9 Å². The van der Waals surface area contributed by atoms with Crippen molar-refractivity contribution in [2.24, 2.45) is 0 Å². The van der Waals surface area contributed by atoms with Gasteiger partial charge < -0.3 is 9.30 Å². The van der Waals surface area contributed by atoms with Crippen LogP contribution in [0.15, 0.2) is 30.3 Å². The fourth-order valence-corrected chi connectivity index (χ4v) is 3.80. The molecule has 0 spiro atoms. The Morgan fingerprint density at radius 2 is 2.13 bits per heavy atom. The van der Waals surface area contributed by atoms with Crippen molar-refractivity contribution in [1.29, 1.82) is 0 Å². The molecular formula is C17H15ClFNO2S. The zero-order chi connectivity index (χ0) is 16.6. The van der Waals surface area contributed by atoms with Crippen molar-refractivity contribution in [2.45, 2.75) is 19.9 Å². The topological polar surface area (TPSA) is 31.2 Å². The molecule has 0 saturated carbocycles. The molecule has 0 amide bonds. The van der Waals surface area contributed by atoms with E-state index in [0.717, 1.165) is 22.2 Å². The van der Waals surface area contributed by atoms with Crippen LogP contribution in [0, 0.1) is 5.82 Å². The molecule has 0 saturated heterocycles. The first-order valence-electron chi connectivity index (χ1n) is 7.17. The summed E-state index contributed by atoms with van der Waals surface area (Å²) < 4.78 is 21.0. The van der Waals surface area contributed by atoms with Crippen LogP contribution in [0.5, 0.6) is 0 Å². The molecule has 0 aliphatic carbocycles. The minimum Gasteiger partial charge on any atom is -0.464 e. The van der Waals surface area contributed by atoms with Crippen molar-refractivity contribution in [3.05, 3.63) is 57.3 Å². The van der Waals surface area contributed by atoms with Gasteiger partial charge in [-0.05, 0) is 36.2 Å². The molecule has 2 aromatic heterocycles. The van der Waals surface area contributed by atoms with Crippen LogP contribution in [0.25, 0.3) is 10.2 Å². The molecule has 23 heavy (non-hydrogen) atoms. The van der Waals surface area contributed by atoms with E-state index in [1.165, 1.54) is 24.1 Å². The third-order valence-electron chi connectivity index (χ3n) is 3.73. The van der Waals surface area contributed by atoms with Gasteiger partial charge in [-0.3, -0.25) is 0 Å². The van der Waals surface area contributed by atoms with Gasteiger partial charge in [-0.15, -0.1) is 11.3 Å². The lowest BCUT2D eigenvalue weighted by Gasteiger charge is -2.10. The van der Waals surface area contributed by atoms with Crippen LogP contribution in [0.4, 0.5) is 4.39 Å². The number of hydrogen-bond acceptors (Lipinski definition) is 3. The minimum atomic E-state index is -0.398. The Morgan fingerprint density at radius 3 is 2.78 bits per heavy atom. The summed E-state index contributed by atoms with van der Waals surface area (Å²) in [5.74, 6) is -0.780. The average Bonchev–Trinajstić information content (AvgIpc) is 3.07. The van der Waals surface area contributed by atoms with Crippen molar-refractivity contribution in [3.8, 4) is 0 Å². The Morgan fingerprint density at radius 1 is 1.35 bits per heavy atom. The summed E-state index contributed by atoms with van der Waals surface area (Å²) in [5.41, 5.74) is 2.18. The number of aromatic nitrogens is 1. The third kappa shape index (κ3) is 2.99. The first kappa shape index (κ1) is 16.0. The van der Waals surface area contributed by atoms with E-state index in [0.29, 0.717) is 17.3 Å². The van der Waals surface area contributed by atoms with Crippen LogP contribution in [-0.4, -0.2) is 17.6 Å². The molecule has 3 nitrogen and oxygen atoms in total. The van der Waals surface area contributed by atoms with E-state index in [1.807, 2.05) is 10.6 Å². The molecule has 0 fully saturated rings. The standard InChI is InChI=1S/C17H15ClFNO2S/c1-3-12-7-14-16(23-12)8-15(17(21)22-2)20(14)9-10-4-5-11(19)6-13(10)18/h4-8H,3,9H2,1-2H3. The van der Waals surface area contributed by atoms with E-state index in [4.69, 9.17) is 16.3 Å². The number of carbonyl (C=O) groups is 1. The highest BCUT2D eigenvalue weighted by molar-refractivity contribution is 7.19. The minimum absolute atomic E-state index is 0.341. The van der Waals surface area contributed by atoms with Gasteiger partial charge >= 0.3 is 5.97 Å². The van der Waals surface area contributed by atoms with Crippen LogP contribution in [0.3, 0.4) is 0 Å². The Kier molecular flexibility index (Phi) is 4.41. The molecule has 3 aromatic rings. The van der Waals surface area contributed by atoms with Gasteiger partial charge in [-0.1, -0.05) is 24.6 Å². The lowest BCUT2D eigenvalue weighted by atomic mass is 10.2. The molecule has 0 bridgehead atoms. The van der Waals surface area contributed by atoms with Crippen LogP contribution in [0.1, 0.15) is 27.9 Å². The van der Waals surface area contributed by atoms with Gasteiger partial charge in [0.15, 0.2) is 0 Å². The Labute approximate surface area is 142 Å². The first-order valence-corrected chi connectivity index (χ1v) is 8.37. The molecule has 2 heterocycles. The highest BCUT2D eigenvalue weighted by Crippen LogP contribution is 2.31.